The van der Waals surface area contributed by atoms with Crippen molar-refractivity contribution in [2.24, 2.45) is 16.7 Å². The fourth-order valence-corrected chi connectivity index (χ4v) is 5.12. The summed E-state index contributed by atoms with van der Waals surface area (Å²) in [5, 5.41) is 11.2. The molecule has 1 fully saturated rings. The third-order valence-electron chi connectivity index (χ3n) is 6.44. The number of hydrogen-bond donors (Lipinski definition) is 1. The maximum atomic E-state index is 12.3. The smallest absolute Gasteiger partial charge is 0.331 e. The van der Waals surface area contributed by atoms with Crippen LogP contribution in [-0.4, -0.2) is 29.1 Å². The van der Waals surface area contributed by atoms with E-state index in [1.54, 1.807) is 25.2 Å². The molecule has 148 valence electrons. The minimum absolute atomic E-state index is 0.145. The molecule has 0 heterocycles. The summed E-state index contributed by atoms with van der Waals surface area (Å²) in [6.07, 6.45) is 15.0. The van der Waals surface area contributed by atoms with Gasteiger partial charge in [0.25, 0.3) is 0 Å². The van der Waals surface area contributed by atoms with E-state index in [-0.39, 0.29) is 11.3 Å². The van der Waals surface area contributed by atoms with Crippen molar-refractivity contribution in [1.82, 2.24) is 0 Å². The standard InChI is InChI=1S/C23H32O4/c1-6-7-8-9-10-12-19(25)27-18-15-17(2)23(26,16-24)22(5)14-11-13-21(3,4)20(18)22/h6-10,12,15-16,18,20,26H,11,13-14H2,1-5H3/b7-6+,9-8+,12-10+/t18-,20+,22+,23-/m1/s1. The lowest BCUT2D eigenvalue weighted by atomic mass is 9.46. The molecule has 2 rings (SSSR count). The maximum Gasteiger partial charge on any atom is 0.331 e. The number of carbonyl (C=O) groups excluding carboxylic acids is 2. The molecule has 0 unspecified atom stereocenters. The van der Waals surface area contributed by atoms with Crippen molar-refractivity contribution >= 4 is 12.3 Å². The van der Waals surface area contributed by atoms with Crippen molar-refractivity contribution < 1.29 is 19.4 Å². The second-order valence-electron chi connectivity index (χ2n) is 8.64. The van der Waals surface area contributed by atoms with Gasteiger partial charge in [-0.1, -0.05) is 57.6 Å². The Morgan fingerprint density at radius 3 is 2.48 bits per heavy atom. The molecule has 0 saturated heterocycles. The first-order chi connectivity index (χ1) is 12.6. The minimum Gasteiger partial charge on any atom is -0.455 e. The molecule has 0 aromatic rings. The average Bonchev–Trinajstić information content (AvgIpc) is 2.58. The summed E-state index contributed by atoms with van der Waals surface area (Å²) in [7, 11) is 0. The van der Waals surface area contributed by atoms with E-state index in [1.807, 2.05) is 32.1 Å². The number of hydrogen-bond acceptors (Lipinski definition) is 4. The van der Waals surface area contributed by atoms with Gasteiger partial charge in [-0.25, -0.2) is 4.79 Å². The number of aldehydes is 1. The van der Waals surface area contributed by atoms with E-state index >= 15 is 0 Å². The Kier molecular flexibility index (Phi) is 6.31. The molecule has 4 heteroatoms. The molecule has 27 heavy (non-hydrogen) atoms. The van der Waals surface area contributed by atoms with Crippen LogP contribution in [0, 0.1) is 16.7 Å². The second-order valence-corrected chi connectivity index (χ2v) is 8.64. The van der Waals surface area contributed by atoms with Crippen molar-refractivity contribution in [1.29, 1.82) is 0 Å². The first-order valence-corrected chi connectivity index (χ1v) is 9.66. The Morgan fingerprint density at radius 1 is 1.19 bits per heavy atom. The fraction of sp³-hybridized carbons (Fsp3) is 0.565. The minimum atomic E-state index is -1.52. The summed E-state index contributed by atoms with van der Waals surface area (Å²) in [5.74, 6) is -0.567. The number of rotatable bonds is 5. The number of carbonyl (C=O) groups is 2. The van der Waals surface area contributed by atoms with Gasteiger partial charge in [0, 0.05) is 17.4 Å². The highest BCUT2D eigenvalue weighted by Crippen LogP contribution is 2.61. The number of esters is 1. The molecule has 0 aromatic carbocycles. The van der Waals surface area contributed by atoms with Gasteiger partial charge in [0.05, 0.1) is 0 Å². The largest absolute Gasteiger partial charge is 0.455 e. The molecule has 2 aliphatic carbocycles. The highest BCUT2D eigenvalue weighted by Gasteiger charge is 2.63. The zero-order chi connectivity index (χ0) is 20.3. The lowest BCUT2D eigenvalue weighted by molar-refractivity contribution is -0.184. The molecule has 4 nitrogen and oxygen atoms in total. The molecule has 1 saturated carbocycles. The van der Waals surface area contributed by atoms with Crippen LogP contribution in [0.2, 0.25) is 0 Å². The summed E-state index contributed by atoms with van der Waals surface area (Å²) in [6, 6.07) is 0. The quantitative estimate of drug-likeness (QED) is 0.257. The Balaban J connectivity index is 2.35. The molecule has 0 amide bonds. The Bertz CT molecular complexity index is 697. The van der Waals surface area contributed by atoms with Crippen molar-refractivity contribution in [2.45, 2.75) is 65.6 Å². The lowest BCUT2D eigenvalue weighted by Crippen LogP contribution is -2.63. The van der Waals surface area contributed by atoms with Crippen LogP contribution in [0.25, 0.3) is 0 Å². The molecular weight excluding hydrogens is 340 g/mol. The van der Waals surface area contributed by atoms with Gasteiger partial charge in [-0.3, -0.25) is 4.79 Å². The van der Waals surface area contributed by atoms with Crippen LogP contribution in [0.3, 0.4) is 0 Å². The zero-order valence-corrected chi connectivity index (χ0v) is 17.1. The fourth-order valence-electron chi connectivity index (χ4n) is 5.12. The van der Waals surface area contributed by atoms with Crippen LogP contribution >= 0.6 is 0 Å². The van der Waals surface area contributed by atoms with Crippen LogP contribution < -0.4 is 0 Å². The van der Waals surface area contributed by atoms with Crippen molar-refractivity contribution in [2.75, 3.05) is 0 Å². The van der Waals surface area contributed by atoms with Gasteiger partial charge in [-0.2, -0.15) is 0 Å². The maximum absolute atomic E-state index is 12.3. The van der Waals surface area contributed by atoms with Crippen LogP contribution in [0.4, 0.5) is 0 Å². The van der Waals surface area contributed by atoms with Gasteiger partial charge in [0.2, 0.25) is 0 Å². The average molecular weight is 373 g/mol. The molecule has 0 spiro atoms. The third-order valence-corrected chi connectivity index (χ3v) is 6.44. The summed E-state index contributed by atoms with van der Waals surface area (Å²) < 4.78 is 5.80. The molecule has 4 atom stereocenters. The number of allylic oxidation sites excluding steroid dienone is 5. The monoisotopic (exact) mass is 372 g/mol. The number of aliphatic hydroxyl groups is 1. The highest BCUT2D eigenvalue weighted by molar-refractivity contribution is 5.82. The van der Waals surface area contributed by atoms with E-state index in [2.05, 4.69) is 13.8 Å². The van der Waals surface area contributed by atoms with Gasteiger partial charge in [0.1, 0.15) is 11.7 Å². The molecule has 0 bridgehead atoms. The predicted octanol–water partition coefficient (Wildman–Crippen LogP) is 4.31. The predicted molar refractivity (Wildman–Crippen MR) is 107 cm³/mol. The molecule has 0 radical (unpaired) electrons. The van der Waals surface area contributed by atoms with Gasteiger partial charge in [0.15, 0.2) is 6.29 Å². The van der Waals surface area contributed by atoms with Gasteiger partial charge in [-0.15, -0.1) is 0 Å². The summed E-state index contributed by atoms with van der Waals surface area (Å²) >= 11 is 0. The molecule has 1 N–H and O–H groups in total. The number of fused-ring (bicyclic) bond motifs is 1. The van der Waals surface area contributed by atoms with Crippen molar-refractivity contribution in [3.8, 4) is 0 Å². The number of ether oxygens (including phenoxy) is 1. The third kappa shape index (κ3) is 3.86. The lowest BCUT2D eigenvalue weighted by Gasteiger charge is -2.60. The van der Waals surface area contributed by atoms with Crippen LogP contribution in [0.1, 0.15) is 53.9 Å². The molecular formula is C23H32O4. The normalized spacial score (nSPS) is 36.0. The first-order valence-electron chi connectivity index (χ1n) is 9.66. The topological polar surface area (TPSA) is 63.6 Å². The molecule has 2 aliphatic rings. The molecule has 0 aromatic heterocycles. The van der Waals surface area contributed by atoms with E-state index in [1.165, 1.54) is 6.08 Å². The van der Waals surface area contributed by atoms with E-state index in [0.717, 1.165) is 19.3 Å². The molecule has 0 aliphatic heterocycles. The Hall–Kier alpha value is -1.94. The summed E-state index contributed by atoms with van der Waals surface area (Å²) in [5.41, 5.74) is -1.80. The summed E-state index contributed by atoms with van der Waals surface area (Å²) in [6.45, 7) is 9.88. The van der Waals surface area contributed by atoms with Crippen LogP contribution in [0.5, 0.6) is 0 Å². The van der Waals surface area contributed by atoms with E-state index in [4.69, 9.17) is 4.74 Å². The zero-order valence-electron chi connectivity index (χ0n) is 17.1. The van der Waals surface area contributed by atoms with Crippen molar-refractivity contribution in [3.05, 3.63) is 48.1 Å². The van der Waals surface area contributed by atoms with E-state index in [0.29, 0.717) is 11.9 Å². The Labute approximate surface area is 162 Å². The first kappa shape index (κ1) is 21.4. The van der Waals surface area contributed by atoms with E-state index in [9.17, 15) is 14.7 Å². The SMILES string of the molecule is C/C=C/C=C/C=C/C(=O)O[C@@H]1C=C(C)[C@](O)(C=O)[C@@]2(C)CCCC(C)(C)[C@H]12. The Morgan fingerprint density at radius 2 is 1.85 bits per heavy atom. The summed E-state index contributed by atoms with van der Waals surface area (Å²) in [4.78, 5) is 24.2. The van der Waals surface area contributed by atoms with E-state index < -0.39 is 23.1 Å². The van der Waals surface area contributed by atoms with Gasteiger partial charge < -0.3 is 9.84 Å². The van der Waals surface area contributed by atoms with Crippen LogP contribution in [0.15, 0.2) is 48.1 Å². The van der Waals surface area contributed by atoms with Gasteiger partial charge in [-0.05, 0) is 43.8 Å². The van der Waals surface area contributed by atoms with Crippen molar-refractivity contribution in [3.63, 3.8) is 0 Å². The highest BCUT2D eigenvalue weighted by atomic mass is 16.5. The van der Waals surface area contributed by atoms with Crippen LogP contribution in [-0.2, 0) is 14.3 Å². The van der Waals surface area contributed by atoms with Gasteiger partial charge >= 0.3 is 5.97 Å². The second kappa shape index (κ2) is 7.97.